The lowest BCUT2D eigenvalue weighted by Gasteiger charge is -2.34. The molecule has 2 aliphatic carbocycles. The molecule has 0 aliphatic heterocycles. The van der Waals surface area contributed by atoms with Gasteiger partial charge in [0.05, 0.1) is 0 Å². The topological polar surface area (TPSA) is 27.7 Å². The molecule has 0 radical (unpaired) electrons. The summed E-state index contributed by atoms with van der Waals surface area (Å²) in [6.07, 6.45) is 18.0. The number of hydrogen-bond acceptors (Lipinski definition) is 3. The molecular formula is C22H40O3Si. The summed E-state index contributed by atoms with van der Waals surface area (Å²) in [5, 5.41) is 0. The molecule has 0 aromatic rings. The fraction of sp³-hybridized carbons (Fsp3) is 0.818. The van der Waals surface area contributed by atoms with Crippen molar-refractivity contribution < 1.29 is 13.3 Å². The van der Waals surface area contributed by atoms with Gasteiger partial charge >= 0.3 is 8.80 Å². The summed E-state index contributed by atoms with van der Waals surface area (Å²) in [4.78, 5) is 0. The Morgan fingerprint density at radius 2 is 1.19 bits per heavy atom. The summed E-state index contributed by atoms with van der Waals surface area (Å²) in [5.74, 6) is 0.461. The molecule has 4 heteroatoms. The smallest absolute Gasteiger partial charge is 0.374 e. The Balaban J connectivity index is 2.30. The standard InChI is InChI=1S/C22H40O3Si/c1-4-23-26(24-5-2,25-6-3)19-22(20-15-11-7-8-12-16-20)21-17-13-9-10-14-18-21/h15,17,22H,4-14,16,18-19H2,1-3H3. The van der Waals surface area contributed by atoms with E-state index < -0.39 is 8.80 Å². The minimum absolute atomic E-state index is 0.461. The van der Waals surface area contributed by atoms with Gasteiger partial charge in [-0.15, -0.1) is 0 Å². The zero-order valence-electron chi connectivity index (χ0n) is 17.4. The average Bonchev–Trinajstić information content (AvgIpc) is 3.06. The van der Waals surface area contributed by atoms with Gasteiger partial charge in [0.1, 0.15) is 0 Å². The molecule has 0 N–H and O–H groups in total. The molecule has 0 amide bonds. The van der Waals surface area contributed by atoms with Crippen LogP contribution in [0.2, 0.25) is 6.04 Å². The molecule has 0 spiro atoms. The van der Waals surface area contributed by atoms with Crippen molar-refractivity contribution in [1.29, 1.82) is 0 Å². The van der Waals surface area contributed by atoms with Crippen LogP contribution >= 0.6 is 0 Å². The molecule has 0 aromatic carbocycles. The van der Waals surface area contributed by atoms with Gasteiger partial charge in [-0.05, 0) is 72.1 Å². The van der Waals surface area contributed by atoms with Crippen molar-refractivity contribution in [3.8, 4) is 0 Å². The highest BCUT2D eigenvalue weighted by atomic mass is 28.4. The first-order valence-corrected chi connectivity index (χ1v) is 13.0. The first-order valence-electron chi connectivity index (χ1n) is 11.0. The lowest BCUT2D eigenvalue weighted by molar-refractivity contribution is 0.0690. The quantitative estimate of drug-likeness (QED) is 0.323. The fourth-order valence-corrected chi connectivity index (χ4v) is 7.37. The number of rotatable bonds is 10. The third kappa shape index (κ3) is 6.63. The second-order valence-corrected chi connectivity index (χ2v) is 10.1. The predicted octanol–water partition coefficient (Wildman–Crippen LogP) is 6.43. The minimum atomic E-state index is -2.64. The highest BCUT2D eigenvalue weighted by molar-refractivity contribution is 6.60. The summed E-state index contributed by atoms with van der Waals surface area (Å²) >= 11 is 0. The zero-order chi connectivity index (χ0) is 18.7. The molecule has 0 heterocycles. The molecule has 150 valence electrons. The Hall–Kier alpha value is -0.423. The predicted molar refractivity (Wildman–Crippen MR) is 111 cm³/mol. The maximum absolute atomic E-state index is 6.23. The van der Waals surface area contributed by atoms with Crippen LogP contribution in [0.1, 0.15) is 85.0 Å². The van der Waals surface area contributed by atoms with Crippen LogP contribution in [-0.2, 0) is 13.3 Å². The molecule has 26 heavy (non-hydrogen) atoms. The van der Waals surface area contributed by atoms with Crippen LogP contribution in [0.15, 0.2) is 23.3 Å². The summed E-state index contributed by atoms with van der Waals surface area (Å²) in [7, 11) is -2.64. The largest absolute Gasteiger partial charge is 0.501 e. The van der Waals surface area contributed by atoms with Crippen molar-refractivity contribution in [1.82, 2.24) is 0 Å². The average molecular weight is 381 g/mol. The van der Waals surface area contributed by atoms with E-state index in [0.29, 0.717) is 25.7 Å². The maximum atomic E-state index is 6.23. The first-order chi connectivity index (χ1) is 12.7. The second kappa shape index (κ2) is 12.1. The van der Waals surface area contributed by atoms with Gasteiger partial charge in [0.15, 0.2) is 0 Å². The Kier molecular flexibility index (Phi) is 10.2. The van der Waals surface area contributed by atoms with E-state index in [0.717, 1.165) is 6.04 Å². The molecule has 0 fully saturated rings. The lowest BCUT2D eigenvalue weighted by atomic mass is 9.87. The van der Waals surface area contributed by atoms with Crippen molar-refractivity contribution in [3.63, 3.8) is 0 Å². The summed E-state index contributed by atoms with van der Waals surface area (Å²) < 4.78 is 18.7. The van der Waals surface area contributed by atoms with Crippen molar-refractivity contribution in [2.45, 2.75) is 91.0 Å². The Bertz CT molecular complexity index is 413. The van der Waals surface area contributed by atoms with Crippen LogP contribution in [-0.4, -0.2) is 28.6 Å². The third-order valence-corrected chi connectivity index (χ3v) is 8.69. The summed E-state index contributed by atoms with van der Waals surface area (Å²) in [6.45, 7) is 8.17. The fourth-order valence-electron chi connectivity index (χ4n) is 4.42. The first kappa shape index (κ1) is 21.9. The Labute approximate surface area is 162 Å². The van der Waals surface area contributed by atoms with Gasteiger partial charge < -0.3 is 13.3 Å². The van der Waals surface area contributed by atoms with E-state index in [1.54, 1.807) is 11.1 Å². The van der Waals surface area contributed by atoms with Gasteiger partial charge in [-0.25, -0.2) is 0 Å². The van der Waals surface area contributed by atoms with Gasteiger partial charge in [-0.1, -0.05) is 36.1 Å². The Morgan fingerprint density at radius 1 is 0.731 bits per heavy atom. The molecule has 0 unspecified atom stereocenters. The van der Waals surface area contributed by atoms with Gasteiger partial charge in [0.25, 0.3) is 0 Å². The molecular weight excluding hydrogens is 340 g/mol. The van der Waals surface area contributed by atoms with E-state index >= 15 is 0 Å². The normalized spacial score (nSPS) is 19.7. The second-order valence-electron chi connectivity index (χ2n) is 7.50. The van der Waals surface area contributed by atoms with Crippen LogP contribution in [0.3, 0.4) is 0 Å². The number of hydrogen-bond donors (Lipinski definition) is 0. The molecule has 0 saturated carbocycles. The summed E-state index contributed by atoms with van der Waals surface area (Å²) in [5.41, 5.74) is 3.26. The third-order valence-electron chi connectivity index (χ3n) is 5.59. The highest BCUT2D eigenvalue weighted by Crippen LogP contribution is 2.39. The SMILES string of the molecule is CCO[Si](CC(C1=CCCCCC1)C1=CCCCCC1)(OCC)OCC. The monoisotopic (exact) mass is 380 g/mol. The molecule has 0 aromatic heterocycles. The maximum Gasteiger partial charge on any atom is 0.501 e. The summed E-state index contributed by atoms with van der Waals surface area (Å²) in [6, 6.07) is 0.917. The Morgan fingerprint density at radius 3 is 1.62 bits per heavy atom. The molecule has 2 rings (SSSR count). The van der Waals surface area contributed by atoms with E-state index in [4.69, 9.17) is 13.3 Å². The van der Waals surface area contributed by atoms with Gasteiger partial charge in [0.2, 0.25) is 0 Å². The molecule has 0 bridgehead atoms. The zero-order valence-corrected chi connectivity index (χ0v) is 18.4. The van der Waals surface area contributed by atoms with Crippen molar-refractivity contribution in [3.05, 3.63) is 23.3 Å². The van der Waals surface area contributed by atoms with E-state index in [2.05, 4.69) is 32.9 Å². The highest BCUT2D eigenvalue weighted by Gasteiger charge is 2.44. The van der Waals surface area contributed by atoms with Crippen molar-refractivity contribution in [2.75, 3.05) is 19.8 Å². The molecule has 2 aliphatic rings. The van der Waals surface area contributed by atoms with Crippen LogP contribution < -0.4 is 0 Å². The van der Waals surface area contributed by atoms with E-state index in [1.165, 1.54) is 64.2 Å². The van der Waals surface area contributed by atoms with Gasteiger partial charge in [-0.3, -0.25) is 0 Å². The number of allylic oxidation sites excluding steroid dienone is 4. The van der Waals surface area contributed by atoms with Crippen LogP contribution in [0.5, 0.6) is 0 Å². The molecule has 0 saturated heterocycles. The van der Waals surface area contributed by atoms with E-state index in [1.807, 2.05) is 0 Å². The van der Waals surface area contributed by atoms with Crippen LogP contribution in [0.4, 0.5) is 0 Å². The lowest BCUT2D eigenvalue weighted by Crippen LogP contribution is -2.48. The van der Waals surface area contributed by atoms with Crippen LogP contribution in [0, 0.1) is 5.92 Å². The van der Waals surface area contributed by atoms with E-state index in [9.17, 15) is 0 Å². The minimum Gasteiger partial charge on any atom is -0.374 e. The van der Waals surface area contributed by atoms with Crippen molar-refractivity contribution >= 4 is 8.80 Å². The van der Waals surface area contributed by atoms with Gasteiger partial charge in [-0.2, -0.15) is 0 Å². The molecule has 3 nitrogen and oxygen atoms in total. The molecule has 0 atom stereocenters. The van der Waals surface area contributed by atoms with Gasteiger partial charge in [0, 0.05) is 31.8 Å². The van der Waals surface area contributed by atoms with Crippen molar-refractivity contribution in [2.24, 2.45) is 5.92 Å². The van der Waals surface area contributed by atoms with Crippen LogP contribution in [0.25, 0.3) is 0 Å². The van der Waals surface area contributed by atoms with E-state index in [-0.39, 0.29) is 0 Å².